The molecule has 1 aromatic rings. The van der Waals surface area contributed by atoms with E-state index in [0.717, 1.165) is 11.5 Å². The maximum Gasteiger partial charge on any atom is 0.123 e. The average Bonchev–Trinajstić information content (AvgIpc) is 2.46. The Bertz CT molecular complexity index is 286. The van der Waals surface area contributed by atoms with Crippen LogP contribution in [0.25, 0.3) is 0 Å². The molecule has 0 aliphatic heterocycles. The third-order valence-corrected chi connectivity index (χ3v) is 1.73. The van der Waals surface area contributed by atoms with Crippen molar-refractivity contribution in [1.29, 1.82) is 0 Å². The SMILES string of the molecule is Cc1ccc(C(C)NOC(C)(C)C)o1. The highest BCUT2D eigenvalue weighted by Gasteiger charge is 2.15. The van der Waals surface area contributed by atoms with E-state index in [1.54, 1.807) is 0 Å². The standard InChI is InChI=1S/C11H19NO2/c1-8-6-7-10(13-8)9(2)12-14-11(3,4)5/h6-7,9,12H,1-5H3. The van der Waals surface area contributed by atoms with Gasteiger partial charge in [0.1, 0.15) is 11.5 Å². The minimum atomic E-state index is -0.185. The molecule has 0 saturated heterocycles. The van der Waals surface area contributed by atoms with Gasteiger partial charge in [-0.05, 0) is 46.8 Å². The summed E-state index contributed by atoms with van der Waals surface area (Å²) in [5.41, 5.74) is 2.77. The van der Waals surface area contributed by atoms with Crippen LogP contribution in [0.15, 0.2) is 16.5 Å². The van der Waals surface area contributed by atoms with Crippen LogP contribution < -0.4 is 5.48 Å². The van der Waals surface area contributed by atoms with Gasteiger partial charge in [0.25, 0.3) is 0 Å². The fraction of sp³-hybridized carbons (Fsp3) is 0.636. The first kappa shape index (κ1) is 11.3. The lowest BCUT2D eigenvalue weighted by Gasteiger charge is -2.22. The van der Waals surface area contributed by atoms with Crippen LogP contribution in [0.4, 0.5) is 0 Å². The maximum atomic E-state index is 5.47. The molecular weight excluding hydrogens is 178 g/mol. The van der Waals surface area contributed by atoms with E-state index in [9.17, 15) is 0 Å². The molecule has 14 heavy (non-hydrogen) atoms. The van der Waals surface area contributed by atoms with E-state index < -0.39 is 0 Å². The Kier molecular flexibility index (Phi) is 3.34. The highest BCUT2D eigenvalue weighted by molar-refractivity contribution is 5.08. The van der Waals surface area contributed by atoms with Crippen LogP contribution in [0.1, 0.15) is 45.3 Å². The Balaban J connectivity index is 2.47. The van der Waals surface area contributed by atoms with Crippen molar-refractivity contribution in [3.63, 3.8) is 0 Å². The van der Waals surface area contributed by atoms with Gasteiger partial charge >= 0.3 is 0 Å². The summed E-state index contributed by atoms with van der Waals surface area (Å²) in [6, 6.07) is 3.98. The molecule has 1 N–H and O–H groups in total. The highest BCUT2D eigenvalue weighted by atomic mass is 16.7. The average molecular weight is 197 g/mol. The van der Waals surface area contributed by atoms with Crippen LogP contribution >= 0.6 is 0 Å². The monoisotopic (exact) mass is 197 g/mol. The fourth-order valence-electron chi connectivity index (χ4n) is 1.01. The minimum Gasteiger partial charge on any atom is -0.465 e. The number of hydrogen-bond acceptors (Lipinski definition) is 3. The third kappa shape index (κ3) is 3.52. The first-order chi connectivity index (χ1) is 6.38. The van der Waals surface area contributed by atoms with Gasteiger partial charge in [-0.1, -0.05) is 0 Å². The van der Waals surface area contributed by atoms with E-state index >= 15 is 0 Å². The molecular formula is C11H19NO2. The number of furan rings is 1. The molecule has 80 valence electrons. The fourth-order valence-corrected chi connectivity index (χ4v) is 1.01. The van der Waals surface area contributed by atoms with E-state index in [2.05, 4.69) is 5.48 Å². The summed E-state index contributed by atoms with van der Waals surface area (Å²) in [7, 11) is 0. The number of rotatable bonds is 3. The molecule has 1 aromatic heterocycles. The van der Waals surface area contributed by atoms with Crippen LogP contribution in [-0.2, 0) is 4.84 Å². The van der Waals surface area contributed by atoms with Gasteiger partial charge in [-0.25, -0.2) is 0 Å². The molecule has 1 rings (SSSR count). The van der Waals surface area contributed by atoms with Gasteiger partial charge in [-0.15, -0.1) is 0 Å². The van der Waals surface area contributed by atoms with Crippen molar-refractivity contribution in [2.24, 2.45) is 0 Å². The lowest BCUT2D eigenvalue weighted by molar-refractivity contribution is -0.0890. The van der Waals surface area contributed by atoms with Crippen molar-refractivity contribution in [2.75, 3.05) is 0 Å². The Hall–Kier alpha value is -0.800. The molecule has 1 unspecified atom stereocenters. The number of hydrogen-bond donors (Lipinski definition) is 1. The van der Waals surface area contributed by atoms with Crippen LogP contribution in [0.5, 0.6) is 0 Å². The van der Waals surface area contributed by atoms with E-state index in [1.165, 1.54) is 0 Å². The van der Waals surface area contributed by atoms with Gasteiger partial charge in [-0.3, -0.25) is 4.84 Å². The molecule has 0 amide bonds. The summed E-state index contributed by atoms with van der Waals surface area (Å²) < 4.78 is 5.47. The smallest absolute Gasteiger partial charge is 0.123 e. The number of hydroxylamine groups is 1. The highest BCUT2D eigenvalue weighted by Crippen LogP contribution is 2.16. The largest absolute Gasteiger partial charge is 0.465 e. The quantitative estimate of drug-likeness (QED) is 0.756. The number of aryl methyl sites for hydroxylation is 1. The molecule has 0 saturated carbocycles. The zero-order chi connectivity index (χ0) is 10.8. The van der Waals surface area contributed by atoms with Gasteiger partial charge in [0, 0.05) is 0 Å². The summed E-state index contributed by atoms with van der Waals surface area (Å²) in [5.74, 6) is 1.82. The summed E-state index contributed by atoms with van der Waals surface area (Å²) in [6.45, 7) is 9.94. The Labute approximate surface area is 85.4 Å². The van der Waals surface area contributed by atoms with Crippen molar-refractivity contribution in [1.82, 2.24) is 5.48 Å². The zero-order valence-corrected chi connectivity index (χ0v) is 9.55. The van der Waals surface area contributed by atoms with Gasteiger partial charge in [-0.2, -0.15) is 5.48 Å². The molecule has 1 atom stereocenters. The molecule has 0 spiro atoms. The first-order valence-corrected chi connectivity index (χ1v) is 4.88. The van der Waals surface area contributed by atoms with Gasteiger partial charge in [0.2, 0.25) is 0 Å². The Morgan fingerprint density at radius 3 is 2.43 bits per heavy atom. The predicted molar refractivity (Wildman–Crippen MR) is 55.8 cm³/mol. The normalized spacial score (nSPS) is 14.4. The second kappa shape index (κ2) is 4.15. The molecule has 1 heterocycles. The van der Waals surface area contributed by atoms with Crippen LogP contribution in [0.2, 0.25) is 0 Å². The van der Waals surface area contributed by atoms with Crippen molar-refractivity contribution >= 4 is 0 Å². The van der Waals surface area contributed by atoms with E-state index in [-0.39, 0.29) is 11.6 Å². The summed E-state index contributed by atoms with van der Waals surface area (Å²) >= 11 is 0. The molecule has 0 radical (unpaired) electrons. The zero-order valence-electron chi connectivity index (χ0n) is 9.55. The molecule has 3 nitrogen and oxygen atoms in total. The van der Waals surface area contributed by atoms with Gasteiger partial charge in [0.05, 0.1) is 11.6 Å². The van der Waals surface area contributed by atoms with E-state index in [1.807, 2.05) is 46.8 Å². The van der Waals surface area contributed by atoms with Crippen LogP contribution in [0.3, 0.4) is 0 Å². The maximum absolute atomic E-state index is 5.47. The topological polar surface area (TPSA) is 34.4 Å². The molecule has 0 bridgehead atoms. The van der Waals surface area contributed by atoms with E-state index in [4.69, 9.17) is 9.25 Å². The lowest BCUT2D eigenvalue weighted by atomic mass is 10.2. The molecule has 0 fully saturated rings. The molecule has 0 aliphatic carbocycles. The molecule has 0 aromatic carbocycles. The van der Waals surface area contributed by atoms with Crippen molar-refractivity contribution < 1.29 is 9.25 Å². The predicted octanol–water partition coefficient (Wildman–Crippen LogP) is 2.97. The number of nitrogens with one attached hydrogen (secondary N) is 1. The van der Waals surface area contributed by atoms with Gasteiger partial charge < -0.3 is 4.42 Å². The van der Waals surface area contributed by atoms with Gasteiger partial charge in [0.15, 0.2) is 0 Å². The molecule has 0 aliphatic rings. The van der Waals surface area contributed by atoms with Crippen molar-refractivity contribution in [2.45, 2.75) is 46.3 Å². The van der Waals surface area contributed by atoms with E-state index in [0.29, 0.717) is 0 Å². The van der Waals surface area contributed by atoms with Crippen LogP contribution in [-0.4, -0.2) is 5.60 Å². The van der Waals surface area contributed by atoms with Crippen molar-refractivity contribution in [3.8, 4) is 0 Å². The summed E-state index contributed by atoms with van der Waals surface area (Å²) in [4.78, 5) is 5.44. The second-order valence-corrected chi connectivity index (χ2v) is 4.50. The summed E-state index contributed by atoms with van der Waals surface area (Å²) in [6.07, 6.45) is 0. The first-order valence-electron chi connectivity index (χ1n) is 4.88. The van der Waals surface area contributed by atoms with Crippen molar-refractivity contribution in [3.05, 3.63) is 23.7 Å². The minimum absolute atomic E-state index is 0.0722. The molecule has 3 heteroatoms. The third-order valence-electron chi connectivity index (χ3n) is 1.73. The lowest BCUT2D eigenvalue weighted by Crippen LogP contribution is -2.30. The Morgan fingerprint density at radius 1 is 1.36 bits per heavy atom. The van der Waals surface area contributed by atoms with Crippen LogP contribution in [0, 0.1) is 6.92 Å². The second-order valence-electron chi connectivity index (χ2n) is 4.50. The summed E-state index contributed by atoms with van der Waals surface area (Å²) in [5, 5.41) is 0. The Morgan fingerprint density at radius 2 is 2.00 bits per heavy atom.